The molecule has 0 unspecified atom stereocenters. The Hall–Kier alpha value is -3.16. The SMILES string of the molecule is NC(=O)Nc1ccc(CNc2ncccc2[N+](=O)[O-])cc1. The maximum Gasteiger partial charge on any atom is 0.316 e. The summed E-state index contributed by atoms with van der Waals surface area (Å²) in [4.78, 5) is 25.0. The number of aromatic nitrogens is 1. The number of hydrogen-bond donors (Lipinski definition) is 3. The van der Waals surface area contributed by atoms with Gasteiger partial charge in [-0.1, -0.05) is 12.1 Å². The van der Waals surface area contributed by atoms with Crippen molar-refractivity contribution in [3.8, 4) is 0 Å². The molecule has 0 aliphatic carbocycles. The largest absolute Gasteiger partial charge is 0.360 e. The number of anilines is 2. The number of nitrogens with two attached hydrogens (primary N) is 1. The quantitative estimate of drug-likeness (QED) is 0.574. The summed E-state index contributed by atoms with van der Waals surface area (Å²) in [5, 5.41) is 16.2. The normalized spacial score (nSPS) is 9.90. The van der Waals surface area contributed by atoms with Crippen LogP contribution in [0.15, 0.2) is 42.6 Å². The van der Waals surface area contributed by atoms with E-state index in [9.17, 15) is 14.9 Å². The Kier molecular flexibility index (Phi) is 4.30. The molecule has 0 radical (unpaired) electrons. The molecule has 0 bridgehead atoms. The maximum atomic E-state index is 10.9. The van der Waals surface area contributed by atoms with E-state index in [1.54, 1.807) is 24.3 Å². The first kappa shape index (κ1) is 14.3. The number of nitro groups is 1. The lowest BCUT2D eigenvalue weighted by Crippen LogP contribution is -2.19. The van der Waals surface area contributed by atoms with E-state index in [1.807, 2.05) is 0 Å². The van der Waals surface area contributed by atoms with Gasteiger partial charge in [0.15, 0.2) is 0 Å². The van der Waals surface area contributed by atoms with Crippen molar-refractivity contribution in [2.75, 3.05) is 10.6 Å². The summed E-state index contributed by atoms with van der Waals surface area (Å²) in [5.74, 6) is 0.210. The van der Waals surface area contributed by atoms with Crippen LogP contribution in [0.1, 0.15) is 5.56 Å². The van der Waals surface area contributed by atoms with E-state index in [1.165, 1.54) is 18.3 Å². The Morgan fingerprint density at radius 2 is 2.00 bits per heavy atom. The molecule has 1 aromatic carbocycles. The molecule has 0 aliphatic heterocycles. The summed E-state index contributed by atoms with van der Waals surface area (Å²) in [5.41, 5.74) is 6.39. The van der Waals surface area contributed by atoms with Crippen LogP contribution in [0.3, 0.4) is 0 Å². The third-order valence-electron chi connectivity index (χ3n) is 2.66. The van der Waals surface area contributed by atoms with E-state index in [0.29, 0.717) is 12.2 Å². The van der Waals surface area contributed by atoms with Crippen molar-refractivity contribution >= 4 is 23.2 Å². The van der Waals surface area contributed by atoms with E-state index in [0.717, 1.165) is 5.56 Å². The Morgan fingerprint density at radius 3 is 2.62 bits per heavy atom. The Balaban J connectivity index is 2.03. The topological polar surface area (TPSA) is 123 Å². The predicted molar refractivity (Wildman–Crippen MR) is 77.9 cm³/mol. The van der Waals surface area contributed by atoms with Crippen molar-refractivity contribution in [3.63, 3.8) is 0 Å². The Labute approximate surface area is 120 Å². The molecule has 0 saturated heterocycles. The zero-order valence-corrected chi connectivity index (χ0v) is 10.9. The number of hydrogen-bond acceptors (Lipinski definition) is 5. The highest BCUT2D eigenvalue weighted by Crippen LogP contribution is 2.21. The maximum absolute atomic E-state index is 10.9. The van der Waals surface area contributed by atoms with Crippen LogP contribution in [0.25, 0.3) is 0 Å². The number of nitrogens with one attached hydrogen (secondary N) is 2. The molecule has 1 heterocycles. The first-order chi connectivity index (χ1) is 10.1. The van der Waals surface area contributed by atoms with Crippen molar-refractivity contribution < 1.29 is 9.72 Å². The second kappa shape index (κ2) is 6.33. The molecule has 8 nitrogen and oxygen atoms in total. The van der Waals surface area contributed by atoms with E-state index >= 15 is 0 Å². The third kappa shape index (κ3) is 3.90. The van der Waals surface area contributed by atoms with Gasteiger partial charge in [0, 0.05) is 24.5 Å². The van der Waals surface area contributed by atoms with Crippen LogP contribution in [0.2, 0.25) is 0 Å². The molecule has 0 saturated carbocycles. The number of nitrogens with zero attached hydrogens (tertiary/aromatic N) is 2. The Morgan fingerprint density at radius 1 is 1.29 bits per heavy atom. The lowest BCUT2D eigenvalue weighted by molar-refractivity contribution is -0.384. The third-order valence-corrected chi connectivity index (χ3v) is 2.66. The fraction of sp³-hybridized carbons (Fsp3) is 0.0769. The standard InChI is InChI=1S/C13H13N5O3/c14-13(19)17-10-5-3-9(4-6-10)8-16-12-11(18(20)21)2-1-7-15-12/h1-7H,8H2,(H,15,16)(H3,14,17,19). The van der Waals surface area contributed by atoms with Gasteiger partial charge in [-0.25, -0.2) is 9.78 Å². The number of urea groups is 1. The van der Waals surface area contributed by atoms with Crippen LogP contribution in [-0.2, 0) is 6.54 Å². The fourth-order valence-electron chi connectivity index (χ4n) is 1.71. The number of carbonyl (C=O) groups is 1. The van der Waals surface area contributed by atoms with Gasteiger partial charge in [0.25, 0.3) is 0 Å². The molecule has 0 aliphatic rings. The molecular weight excluding hydrogens is 274 g/mol. The summed E-state index contributed by atoms with van der Waals surface area (Å²) in [6, 6.07) is 9.18. The van der Waals surface area contributed by atoms with Gasteiger partial charge in [-0.05, 0) is 23.8 Å². The molecule has 21 heavy (non-hydrogen) atoms. The van der Waals surface area contributed by atoms with Crippen molar-refractivity contribution in [2.45, 2.75) is 6.54 Å². The molecule has 0 spiro atoms. The molecule has 2 amide bonds. The highest BCUT2D eigenvalue weighted by Gasteiger charge is 2.13. The van der Waals surface area contributed by atoms with E-state index in [-0.39, 0.29) is 11.5 Å². The predicted octanol–water partition coefficient (Wildman–Crippen LogP) is 2.09. The molecule has 1 aromatic heterocycles. The average Bonchev–Trinajstić information content (AvgIpc) is 2.46. The summed E-state index contributed by atoms with van der Waals surface area (Å²) < 4.78 is 0. The second-order valence-electron chi connectivity index (χ2n) is 4.17. The smallest absolute Gasteiger partial charge is 0.316 e. The average molecular weight is 287 g/mol. The number of carbonyl (C=O) groups excluding carboxylic acids is 1. The van der Waals surface area contributed by atoms with Gasteiger partial charge in [0.1, 0.15) is 0 Å². The lowest BCUT2D eigenvalue weighted by atomic mass is 10.2. The van der Waals surface area contributed by atoms with Crippen LogP contribution in [-0.4, -0.2) is 15.9 Å². The monoisotopic (exact) mass is 287 g/mol. The van der Waals surface area contributed by atoms with Crippen molar-refractivity contribution in [1.82, 2.24) is 4.98 Å². The zero-order valence-electron chi connectivity index (χ0n) is 10.9. The minimum absolute atomic E-state index is 0.0792. The van der Waals surface area contributed by atoms with Crippen molar-refractivity contribution in [2.24, 2.45) is 5.73 Å². The summed E-state index contributed by atoms with van der Waals surface area (Å²) in [6.45, 7) is 0.370. The van der Waals surface area contributed by atoms with E-state index < -0.39 is 11.0 Å². The number of primary amides is 1. The molecule has 0 atom stereocenters. The van der Waals surface area contributed by atoms with Gasteiger partial charge in [0.05, 0.1) is 4.92 Å². The minimum atomic E-state index is -0.634. The number of pyridine rings is 1. The minimum Gasteiger partial charge on any atom is -0.360 e. The second-order valence-corrected chi connectivity index (χ2v) is 4.17. The fourth-order valence-corrected chi connectivity index (χ4v) is 1.71. The number of amides is 2. The van der Waals surface area contributed by atoms with Crippen LogP contribution < -0.4 is 16.4 Å². The number of rotatable bonds is 5. The molecule has 2 rings (SSSR count). The van der Waals surface area contributed by atoms with Gasteiger partial charge >= 0.3 is 11.7 Å². The number of benzene rings is 1. The van der Waals surface area contributed by atoms with Gasteiger partial charge < -0.3 is 16.4 Å². The zero-order chi connectivity index (χ0) is 15.2. The van der Waals surface area contributed by atoms with E-state index in [2.05, 4.69) is 15.6 Å². The summed E-state index contributed by atoms with van der Waals surface area (Å²) >= 11 is 0. The molecular formula is C13H13N5O3. The molecule has 8 heteroatoms. The van der Waals surface area contributed by atoms with Gasteiger partial charge in [-0.2, -0.15) is 0 Å². The Bertz CT molecular complexity index is 657. The van der Waals surface area contributed by atoms with Crippen LogP contribution >= 0.6 is 0 Å². The molecule has 2 aromatic rings. The summed E-state index contributed by atoms with van der Waals surface area (Å²) in [7, 11) is 0. The van der Waals surface area contributed by atoms with Gasteiger partial charge in [-0.15, -0.1) is 0 Å². The molecule has 0 fully saturated rings. The highest BCUT2D eigenvalue weighted by molar-refractivity contribution is 5.87. The summed E-state index contributed by atoms with van der Waals surface area (Å²) in [6.07, 6.45) is 1.48. The van der Waals surface area contributed by atoms with Crippen LogP contribution in [0.5, 0.6) is 0 Å². The van der Waals surface area contributed by atoms with Crippen molar-refractivity contribution in [1.29, 1.82) is 0 Å². The van der Waals surface area contributed by atoms with Gasteiger partial charge in [-0.3, -0.25) is 10.1 Å². The van der Waals surface area contributed by atoms with Crippen molar-refractivity contribution in [3.05, 3.63) is 58.3 Å². The molecule has 4 N–H and O–H groups in total. The lowest BCUT2D eigenvalue weighted by Gasteiger charge is -2.07. The van der Waals surface area contributed by atoms with Gasteiger partial charge in [0.2, 0.25) is 5.82 Å². The molecule has 108 valence electrons. The highest BCUT2D eigenvalue weighted by atomic mass is 16.6. The van der Waals surface area contributed by atoms with Crippen LogP contribution in [0, 0.1) is 10.1 Å². The van der Waals surface area contributed by atoms with E-state index in [4.69, 9.17) is 5.73 Å². The first-order valence-corrected chi connectivity index (χ1v) is 6.05. The first-order valence-electron chi connectivity index (χ1n) is 6.05. The van der Waals surface area contributed by atoms with Crippen LogP contribution in [0.4, 0.5) is 22.0 Å².